The zero-order valence-electron chi connectivity index (χ0n) is 25.3. The number of nitrogens with zero attached hydrogens (tertiary/aromatic N) is 1. The van der Waals surface area contributed by atoms with E-state index in [1.165, 1.54) is 12.1 Å². The Morgan fingerprint density at radius 3 is 2.52 bits per heavy atom. The minimum atomic E-state index is -2.97. The fourth-order valence-corrected chi connectivity index (χ4v) is 6.83. The number of nitrogens with one attached hydrogen (secondary N) is 3. The Bertz CT molecular complexity index is 1130. The van der Waals surface area contributed by atoms with Crippen LogP contribution in [0.2, 0.25) is 0 Å². The molecule has 3 atom stereocenters. The molecule has 42 heavy (non-hydrogen) atoms. The van der Waals surface area contributed by atoms with Gasteiger partial charge in [-0.2, -0.15) is 0 Å². The van der Waals surface area contributed by atoms with Crippen LogP contribution in [-0.4, -0.2) is 63.7 Å². The molecule has 0 radical (unpaired) electrons. The summed E-state index contributed by atoms with van der Waals surface area (Å²) in [6.07, 6.45) is 4.13. The maximum Gasteiger partial charge on any atom is 0.251 e. The molecule has 3 rings (SSSR count). The summed E-state index contributed by atoms with van der Waals surface area (Å²) in [5, 5.41) is 20.8. The third-order valence-electron chi connectivity index (χ3n) is 7.45. The number of hydrogen-bond acceptors (Lipinski definition) is 7. The monoisotopic (exact) mass is 628 g/mol. The van der Waals surface area contributed by atoms with Crippen molar-refractivity contribution in [1.29, 1.82) is 0 Å². The van der Waals surface area contributed by atoms with E-state index in [2.05, 4.69) is 36.7 Å². The number of benzene rings is 2. The Morgan fingerprint density at radius 2 is 1.86 bits per heavy atom. The SMILES string of the molecule is CCNc1cc(C(=O)N[C@@H](Cc2cccc(F)c2)[C@@H](O)CNC(C)CCCC(C)C)cc(N2CCCCS2(O)O)c1.Cl. The minimum Gasteiger partial charge on any atom is -0.390 e. The summed E-state index contributed by atoms with van der Waals surface area (Å²) in [7, 11) is -2.97. The van der Waals surface area contributed by atoms with Crippen molar-refractivity contribution in [3.05, 3.63) is 59.4 Å². The van der Waals surface area contributed by atoms with Crippen molar-refractivity contribution < 1.29 is 23.4 Å². The molecule has 2 aromatic rings. The summed E-state index contributed by atoms with van der Waals surface area (Å²) >= 11 is 0. The van der Waals surface area contributed by atoms with E-state index in [1.54, 1.807) is 28.6 Å². The number of halogens is 2. The van der Waals surface area contributed by atoms with Crippen LogP contribution in [0.15, 0.2) is 42.5 Å². The van der Waals surface area contributed by atoms with Gasteiger partial charge >= 0.3 is 0 Å². The summed E-state index contributed by atoms with van der Waals surface area (Å²) in [6, 6.07) is 10.9. The Morgan fingerprint density at radius 1 is 1.10 bits per heavy atom. The highest BCUT2D eigenvalue weighted by Crippen LogP contribution is 2.50. The highest BCUT2D eigenvalue weighted by atomic mass is 35.5. The van der Waals surface area contributed by atoms with Crippen molar-refractivity contribution in [2.45, 2.75) is 84.4 Å². The largest absolute Gasteiger partial charge is 0.390 e. The van der Waals surface area contributed by atoms with E-state index in [1.807, 2.05) is 13.0 Å². The second-order valence-corrected chi connectivity index (χ2v) is 13.7. The van der Waals surface area contributed by atoms with Crippen LogP contribution in [0.1, 0.15) is 75.7 Å². The maximum atomic E-state index is 14.0. The third-order valence-corrected chi connectivity index (χ3v) is 9.39. The Kier molecular flexibility index (Phi) is 14.9. The molecule has 0 aromatic heterocycles. The van der Waals surface area contributed by atoms with Gasteiger partial charge < -0.3 is 21.1 Å². The first-order chi connectivity index (χ1) is 19.5. The van der Waals surface area contributed by atoms with Crippen molar-refractivity contribution in [3.8, 4) is 0 Å². The van der Waals surface area contributed by atoms with E-state index >= 15 is 0 Å². The van der Waals surface area contributed by atoms with Crippen molar-refractivity contribution in [1.82, 2.24) is 10.6 Å². The molecule has 0 saturated carbocycles. The number of amides is 1. The van der Waals surface area contributed by atoms with E-state index < -0.39 is 28.8 Å². The highest BCUT2D eigenvalue weighted by Gasteiger charge is 2.29. The van der Waals surface area contributed by atoms with Crippen molar-refractivity contribution in [2.75, 3.05) is 35.0 Å². The van der Waals surface area contributed by atoms with Gasteiger partial charge in [0.15, 0.2) is 0 Å². The van der Waals surface area contributed by atoms with Crippen LogP contribution in [0.5, 0.6) is 0 Å². The quantitative estimate of drug-likeness (QED) is 0.134. The smallest absolute Gasteiger partial charge is 0.251 e. The van der Waals surface area contributed by atoms with Gasteiger partial charge in [0, 0.05) is 36.9 Å². The van der Waals surface area contributed by atoms with E-state index in [4.69, 9.17) is 0 Å². The van der Waals surface area contributed by atoms with Crippen molar-refractivity contribution in [3.63, 3.8) is 0 Å². The topological polar surface area (TPSA) is 117 Å². The number of aliphatic hydroxyl groups excluding tert-OH is 1. The van der Waals surface area contributed by atoms with E-state index in [-0.39, 0.29) is 37.2 Å². The molecular weight excluding hydrogens is 579 g/mol. The summed E-state index contributed by atoms with van der Waals surface area (Å²) < 4.78 is 37.0. The normalized spacial score (nSPS) is 17.6. The van der Waals surface area contributed by atoms with Gasteiger partial charge in [-0.25, -0.2) is 4.39 Å². The van der Waals surface area contributed by atoms with Crippen LogP contribution in [0.3, 0.4) is 0 Å². The van der Waals surface area contributed by atoms with Gasteiger partial charge in [0.1, 0.15) is 5.82 Å². The maximum absolute atomic E-state index is 14.0. The van der Waals surface area contributed by atoms with Gasteiger partial charge in [-0.3, -0.25) is 18.2 Å². The third kappa shape index (κ3) is 11.2. The predicted octanol–water partition coefficient (Wildman–Crippen LogP) is 6.45. The first kappa shape index (κ1) is 36.1. The second kappa shape index (κ2) is 17.3. The Hall–Kier alpha value is -2.08. The van der Waals surface area contributed by atoms with Gasteiger partial charge in [0.2, 0.25) is 0 Å². The first-order valence-corrected chi connectivity index (χ1v) is 16.5. The lowest BCUT2D eigenvalue weighted by Gasteiger charge is -2.47. The van der Waals surface area contributed by atoms with Crippen LogP contribution in [-0.2, 0) is 6.42 Å². The summed E-state index contributed by atoms with van der Waals surface area (Å²) in [4.78, 5) is 13.6. The summed E-state index contributed by atoms with van der Waals surface area (Å²) in [5.41, 5.74) is 2.26. The number of rotatable bonds is 15. The molecule has 11 heteroatoms. The predicted molar refractivity (Wildman–Crippen MR) is 176 cm³/mol. The summed E-state index contributed by atoms with van der Waals surface area (Å²) in [6.45, 7) is 9.84. The highest BCUT2D eigenvalue weighted by molar-refractivity contribution is 8.25. The molecule has 8 nitrogen and oxygen atoms in total. The van der Waals surface area contributed by atoms with Crippen molar-refractivity contribution in [2.24, 2.45) is 5.92 Å². The number of carbonyl (C=O) groups is 1. The fraction of sp³-hybridized carbons (Fsp3) is 0.581. The molecule has 1 amide bonds. The lowest BCUT2D eigenvalue weighted by atomic mass is 9.99. The molecule has 1 unspecified atom stereocenters. The molecule has 6 N–H and O–H groups in total. The Labute approximate surface area is 258 Å². The molecule has 238 valence electrons. The lowest BCUT2D eigenvalue weighted by molar-refractivity contribution is 0.0825. The molecule has 0 bridgehead atoms. The van der Waals surface area contributed by atoms with Crippen molar-refractivity contribution >= 4 is 40.5 Å². The fourth-order valence-electron chi connectivity index (χ4n) is 5.15. The average Bonchev–Trinajstić information content (AvgIpc) is 2.91. The molecule has 0 spiro atoms. The van der Waals surface area contributed by atoms with Crippen LogP contribution in [0.25, 0.3) is 0 Å². The Balaban J connectivity index is 0.00000616. The minimum absolute atomic E-state index is 0. The number of hydrogen-bond donors (Lipinski definition) is 6. The number of aliphatic hydroxyl groups is 1. The summed E-state index contributed by atoms with van der Waals surface area (Å²) in [5.74, 6) is 0.171. The zero-order chi connectivity index (χ0) is 30.0. The molecular formula is C31H50ClFN4O4S. The average molecular weight is 629 g/mol. The number of anilines is 2. The van der Waals surface area contributed by atoms with Gasteiger partial charge in [-0.05, 0) is 81.3 Å². The molecule has 1 aliphatic rings. The molecule has 1 heterocycles. The number of carbonyl (C=O) groups excluding carboxylic acids is 1. The molecule has 1 saturated heterocycles. The lowest BCUT2D eigenvalue weighted by Crippen LogP contribution is -2.49. The van der Waals surface area contributed by atoms with Gasteiger partial charge in [-0.1, -0.05) is 38.8 Å². The van der Waals surface area contributed by atoms with Crippen LogP contribution in [0.4, 0.5) is 15.8 Å². The van der Waals surface area contributed by atoms with Crippen LogP contribution >= 0.6 is 23.2 Å². The second-order valence-electron chi connectivity index (χ2n) is 11.6. The van der Waals surface area contributed by atoms with E-state index in [0.29, 0.717) is 47.3 Å². The van der Waals surface area contributed by atoms with E-state index in [9.17, 15) is 23.4 Å². The van der Waals surface area contributed by atoms with Gasteiger partial charge in [-0.15, -0.1) is 23.2 Å². The first-order valence-electron chi connectivity index (χ1n) is 14.9. The zero-order valence-corrected chi connectivity index (χ0v) is 26.9. The van der Waals surface area contributed by atoms with Crippen LogP contribution < -0.4 is 20.3 Å². The molecule has 1 fully saturated rings. The van der Waals surface area contributed by atoms with Gasteiger partial charge in [0.05, 0.1) is 23.6 Å². The van der Waals surface area contributed by atoms with Gasteiger partial charge in [0.25, 0.3) is 5.91 Å². The van der Waals surface area contributed by atoms with Crippen LogP contribution in [0, 0.1) is 11.7 Å². The molecule has 0 aliphatic carbocycles. The van der Waals surface area contributed by atoms with E-state index in [0.717, 1.165) is 32.1 Å². The molecule has 2 aromatic carbocycles. The standard InChI is InChI=1S/C31H49FN4O4S.ClH/c1-5-33-27-18-25(19-28(20-27)36-14-6-7-15-41(36,39)40)31(38)35-29(17-24-12-9-13-26(32)16-24)30(37)21-34-23(4)11-8-10-22(2)3;/h9,12-13,16,18-20,22-23,29-30,33-34,37,39-40H,5-8,10-11,14-15,17,21H2,1-4H3,(H,35,38);1H/t23?,29-,30-;/m0./s1. The molecule has 1 aliphatic heterocycles.